The molecule has 0 saturated carbocycles. The van der Waals surface area contributed by atoms with E-state index in [-0.39, 0.29) is 38.3 Å². The molecule has 5 fully saturated rings. The van der Waals surface area contributed by atoms with E-state index in [2.05, 4.69) is 71.6 Å². The Hall–Kier alpha value is -4.59. The van der Waals surface area contributed by atoms with Crippen LogP contribution < -0.4 is 39.5 Å². The summed E-state index contributed by atoms with van der Waals surface area (Å²) < 4.78 is 95.8. The van der Waals surface area contributed by atoms with Crippen LogP contribution in [-0.2, 0) is 59.6 Å². The van der Waals surface area contributed by atoms with E-state index < -0.39 is 134 Å². The Morgan fingerprint density at radius 3 is 1.37 bits per heavy atom. The van der Waals surface area contributed by atoms with Gasteiger partial charge in [0.15, 0.2) is 18.7 Å². The highest BCUT2D eigenvalue weighted by Crippen LogP contribution is 2.61. The summed E-state index contributed by atoms with van der Waals surface area (Å²) in [5, 5.41) is 26.6. The molecule has 8 rings (SSSR count). The quantitative estimate of drug-likeness (QED) is 0.0179. The SMILES string of the molecule is CCCC(CCC)COP(=O)(Cl)Cl.CCCC(CCC)CO[P@@]1(=O)OC[C@H]2O[C@@H](n3ccc(=O)[nH]c3=O)[C@](C)(N)[C@@H]2O1.CCCC(CCC)CO[P@@]1(=O)OC[C@H]2O[C@@H](n3ccc(=O)[nH]c3=O)[C@](C)(N=[N+]=[N-])[C@@H]2O1.C[C@@]1(N=[N+]=[N-])[C@H](O)[C@@H](CO)O[C@H]1n1ccc(=O)[nH]c1=O. The highest BCUT2D eigenvalue weighted by molar-refractivity contribution is 8.05. The van der Waals surface area contributed by atoms with Crippen LogP contribution in [0.15, 0.2) is 75.8 Å². The summed E-state index contributed by atoms with van der Waals surface area (Å²) in [6.07, 6.45) is 3.85. The summed E-state index contributed by atoms with van der Waals surface area (Å²) in [5.41, 5.74) is 16.2. The molecule has 524 valence electrons. The minimum absolute atomic E-state index is 0.0322. The molecule has 0 radical (unpaired) electrons. The van der Waals surface area contributed by atoms with Crippen LogP contribution in [0.1, 0.15) is 158 Å². The number of nitrogens with two attached hydrogens (primary N) is 1. The summed E-state index contributed by atoms with van der Waals surface area (Å²) in [4.78, 5) is 81.9. The van der Waals surface area contributed by atoms with E-state index in [1.807, 2.05) is 4.98 Å². The molecular formula is C54H88Cl2N13O21P3. The van der Waals surface area contributed by atoms with Crippen molar-refractivity contribution >= 4 is 44.2 Å². The lowest BCUT2D eigenvalue weighted by Gasteiger charge is -2.36. The zero-order valence-electron chi connectivity index (χ0n) is 53.5. The van der Waals surface area contributed by atoms with Crippen molar-refractivity contribution in [3.63, 3.8) is 0 Å². The number of nitrogens with zero attached hydrogens (tertiary/aromatic N) is 9. The Bertz CT molecular complexity index is 3520. The Labute approximate surface area is 545 Å². The first-order valence-corrected chi connectivity index (χ1v) is 37.1. The summed E-state index contributed by atoms with van der Waals surface area (Å²) >= 11 is 10.6. The van der Waals surface area contributed by atoms with Gasteiger partial charge in [0.2, 0.25) is 0 Å². The van der Waals surface area contributed by atoms with Crippen molar-refractivity contribution in [3.05, 3.63) is 120 Å². The van der Waals surface area contributed by atoms with Gasteiger partial charge in [-0.1, -0.05) is 90.3 Å². The fourth-order valence-corrected chi connectivity index (χ4v) is 15.4. The molecule has 0 aromatic carbocycles. The third-order valence-corrected chi connectivity index (χ3v) is 20.0. The van der Waals surface area contributed by atoms with Gasteiger partial charge in [0, 0.05) is 46.6 Å². The van der Waals surface area contributed by atoms with Crippen molar-refractivity contribution < 1.29 is 69.8 Å². The number of azide groups is 2. The molecule has 93 heavy (non-hydrogen) atoms. The van der Waals surface area contributed by atoms with E-state index in [0.717, 1.165) is 98.3 Å². The minimum Gasteiger partial charge on any atom is -0.394 e. The van der Waals surface area contributed by atoms with Crippen LogP contribution in [-0.4, -0.2) is 132 Å². The second-order valence-corrected chi connectivity index (χ2v) is 31.1. The number of aliphatic hydroxyl groups is 2. The number of rotatable bonds is 27. The number of aromatic nitrogens is 6. The van der Waals surface area contributed by atoms with Crippen LogP contribution in [0.5, 0.6) is 0 Å². The van der Waals surface area contributed by atoms with Gasteiger partial charge >= 0.3 is 38.8 Å². The average Bonchev–Trinajstić information content (AvgIpc) is 1.62. The maximum Gasteiger partial charge on any atom is 0.475 e. The summed E-state index contributed by atoms with van der Waals surface area (Å²) in [6.45, 7) is 17.4. The van der Waals surface area contributed by atoms with Crippen molar-refractivity contribution in [1.29, 1.82) is 0 Å². The molecule has 7 N–H and O–H groups in total. The summed E-state index contributed by atoms with van der Waals surface area (Å²) in [5.74, 6) is 0.930. The van der Waals surface area contributed by atoms with Crippen LogP contribution in [0.25, 0.3) is 20.9 Å². The summed E-state index contributed by atoms with van der Waals surface area (Å²) in [7, 11) is -7.74. The molecule has 5 saturated heterocycles. The molecule has 0 unspecified atom stereocenters. The van der Waals surface area contributed by atoms with Gasteiger partial charge in [-0.2, -0.15) is 0 Å². The highest BCUT2D eigenvalue weighted by atomic mass is 35.9. The first-order valence-electron chi connectivity index (χ1n) is 30.8. The minimum atomic E-state index is -3.93. The maximum absolute atomic E-state index is 13.2. The average molecular weight is 1420 g/mol. The van der Waals surface area contributed by atoms with Gasteiger partial charge in [-0.15, -0.1) is 0 Å². The number of phosphoric ester groups is 2. The topological polar surface area (TPSA) is 472 Å². The maximum atomic E-state index is 13.2. The molecule has 0 amide bonds. The molecule has 34 nitrogen and oxygen atoms in total. The molecule has 39 heteroatoms. The van der Waals surface area contributed by atoms with E-state index in [4.69, 9.17) is 90.3 Å². The molecular weight excluding hydrogens is 1330 g/mol. The van der Waals surface area contributed by atoms with Crippen molar-refractivity contribution in [1.82, 2.24) is 28.7 Å². The summed E-state index contributed by atoms with van der Waals surface area (Å²) in [6, 6.07) is 3.45. The van der Waals surface area contributed by atoms with Gasteiger partial charge < -0.3 is 34.7 Å². The molecule has 5 aliphatic heterocycles. The van der Waals surface area contributed by atoms with Crippen molar-refractivity contribution in [2.24, 2.45) is 33.7 Å². The largest absolute Gasteiger partial charge is 0.475 e. The van der Waals surface area contributed by atoms with Crippen molar-refractivity contribution in [3.8, 4) is 0 Å². The number of H-pyrrole nitrogens is 3. The first-order chi connectivity index (χ1) is 43.9. The highest BCUT2D eigenvalue weighted by Gasteiger charge is 2.62. The van der Waals surface area contributed by atoms with Crippen molar-refractivity contribution in [2.45, 2.75) is 211 Å². The molecule has 3 aromatic heterocycles. The van der Waals surface area contributed by atoms with Gasteiger partial charge in [0.1, 0.15) is 41.6 Å². The molecule has 8 heterocycles. The van der Waals surface area contributed by atoms with E-state index in [1.54, 1.807) is 6.92 Å². The van der Waals surface area contributed by atoms with Crippen LogP contribution in [0.2, 0.25) is 0 Å². The predicted octanol–water partition coefficient (Wildman–Crippen LogP) is 8.83. The van der Waals surface area contributed by atoms with Crippen LogP contribution in [0.4, 0.5) is 0 Å². The Morgan fingerprint density at radius 2 is 0.989 bits per heavy atom. The second-order valence-electron chi connectivity index (χ2n) is 23.6. The fraction of sp³-hybridized carbons (Fsp3) is 0.778. The van der Waals surface area contributed by atoms with Gasteiger partial charge in [-0.3, -0.25) is 74.7 Å². The second kappa shape index (κ2) is 35.6. The smallest absolute Gasteiger partial charge is 0.394 e. The lowest BCUT2D eigenvalue weighted by Crippen LogP contribution is -2.55. The lowest BCUT2D eigenvalue weighted by molar-refractivity contribution is -0.0735. The lowest BCUT2D eigenvalue weighted by atomic mass is 9.93. The zero-order valence-corrected chi connectivity index (χ0v) is 57.7. The van der Waals surface area contributed by atoms with Gasteiger partial charge in [0.25, 0.3) is 16.7 Å². The Morgan fingerprint density at radius 1 is 0.634 bits per heavy atom. The molecule has 5 aliphatic rings. The number of nitrogens with one attached hydrogen (secondary N) is 3. The normalized spacial score (nSPS) is 30.4. The monoisotopic (exact) mass is 1420 g/mol. The van der Waals surface area contributed by atoms with Crippen LogP contribution in [0.3, 0.4) is 0 Å². The first kappa shape index (κ1) is 79.1. The van der Waals surface area contributed by atoms with E-state index in [0.29, 0.717) is 12.5 Å². The van der Waals surface area contributed by atoms with Gasteiger partial charge in [-0.05, 0) is 111 Å². The molecule has 3 aromatic rings. The molecule has 0 bridgehead atoms. The van der Waals surface area contributed by atoms with Gasteiger partial charge in [-0.25, -0.2) is 23.5 Å². The molecule has 0 aliphatic carbocycles. The third kappa shape index (κ3) is 21.0. The van der Waals surface area contributed by atoms with Gasteiger partial charge in [0.05, 0.1) is 51.3 Å². The number of fused-ring (bicyclic) bond motifs is 2. The van der Waals surface area contributed by atoms with E-state index >= 15 is 0 Å². The number of aliphatic hydroxyl groups excluding tert-OH is 2. The number of phosphoric acid groups is 2. The van der Waals surface area contributed by atoms with Crippen LogP contribution in [0, 0.1) is 17.8 Å². The molecule has 0 spiro atoms. The Kier molecular flexibility index (Phi) is 30.3. The van der Waals surface area contributed by atoms with Crippen molar-refractivity contribution in [2.75, 3.05) is 39.6 Å². The Balaban J connectivity index is 0.000000235. The third-order valence-electron chi connectivity index (χ3n) is 16.1. The van der Waals surface area contributed by atoms with Crippen LogP contribution >= 0.6 is 44.2 Å². The zero-order chi connectivity index (χ0) is 69.1. The number of ether oxygens (including phenoxy) is 3. The fourth-order valence-electron chi connectivity index (χ4n) is 11.5. The predicted molar refractivity (Wildman–Crippen MR) is 340 cm³/mol. The number of halogens is 2. The number of hydrogen-bond donors (Lipinski definition) is 6. The molecule has 14 atom stereocenters. The number of hydrogen-bond acceptors (Lipinski definition) is 24. The number of aromatic amines is 3. The standard InChI is InChI=1S/C18H28N5O7P.C18H30N3O7P.C10H13N5O5.C8H17Cl2O2P/c1-4-6-12(7-5-2)10-27-31(26)28-11-13-15(30-31)18(3,21-22-19)16(29-13)23-9-8-14(24)20-17(23)25;1-4-6-12(7-5-2)10-25-29(24)26-11-13-15(28-29)18(3,19)16(27-13)21-9-8-14(22)20-17(21)23;1-10(13-14-11)7(18)5(4-16)20-8(10)15-3-2-6(17)12-9(15)19;1-3-5-8(6-4-2)7-12-13(9,10)11/h8-9,12-13,15-16H,4-7,10-11H2,1-3H3,(H,20,24,25);8-9,12-13,15-16H,4-7,10-11,19H2,1-3H3,(H,20,22,23);2-3,5,7-8,16,18H,4H2,1H3,(H,12,17,19);8H,3-7H2,1-2H3/t13-,15-,16-,18-,31+;13-,15-,16-,18-,29+;5-,7-,8-,10-;/m111./s1. The van der Waals surface area contributed by atoms with E-state index in [1.165, 1.54) is 43.1 Å². The van der Waals surface area contributed by atoms with E-state index in [9.17, 15) is 47.6 Å².